The van der Waals surface area contributed by atoms with E-state index in [-0.39, 0.29) is 61.0 Å². The van der Waals surface area contributed by atoms with Crippen molar-refractivity contribution in [3.8, 4) is 0 Å². The minimum atomic E-state index is -2.40. The Bertz CT molecular complexity index is 1770. The zero-order valence-corrected chi connectivity index (χ0v) is 43.2. The molecule has 0 spiro atoms. The van der Waals surface area contributed by atoms with E-state index in [4.69, 9.17) is 43.6 Å². The predicted molar refractivity (Wildman–Crippen MR) is 259 cm³/mol. The maximum absolute atomic E-state index is 14.6. The highest BCUT2D eigenvalue weighted by atomic mass is 16.6. The molecule has 3 N–H and O–H groups in total. The molecule has 2 saturated heterocycles. The van der Waals surface area contributed by atoms with Crippen LogP contribution in [0.25, 0.3) is 0 Å². The highest BCUT2D eigenvalue weighted by Crippen LogP contribution is 2.37. The first-order valence-electron chi connectivity index (χ1n) is 25.0. The van der Waals surface area contributed by atoms with Crippen molar-refractivity contribution < 1.29 is 62.2 Å². The van der Waals surface area contributed by atoms with Gasteiger partial charge in [-0.05, 0) is 101 Å². The van der Waals surface area contributed by atoms with Crippen molar-refractivity contribution in [2.75, 3.05) is 49.2 Å². The Morgan fingerprint density at radius 3 is 2.09 bits per heavy atom. The minimum Gasteiger partial charge on any atom is -0.459 e. The van der Waals surface area contributed by atoms with Crippen molar-refractivity contribution in [3.63, 3.8) is 0 Å². The van der Waals surface area contributed by atoms with Gasteiger partial charge in [0.15, 0.2) is 5.78 Å². The third kappa shape index (κ3) is 15.0. The number of amides is 1. The van der Waals surface area contributed by atoms with E-state index in [1.165, 1.54) is 12.0 Å². The van der Waals surface area contributed by atoms with E-state index in [9.17, 15) is 24.3 Å². The summed E-state index contributed by atoms with van der Waals surface area (Å²) < 4.78 is 48.0. The van der Waals surface area contributed by atoms with Crippen LogP contribution in [-0.4, -0.2) is 149 Å². The number of methoxy groups -OCH3 is 6. The number of cyclic esters (lactones) is 1. The fraction of sp³-hybridized carbons (Fsp3) is 0.774. The predicted octanol–water partition coefficient (Wildman–Crippen LogP) is 6.63. The van der Waals surface area contributed by atoms with Crippen LogP contribution in [0.5, 0.6) is 0 Å². The summed E-state index contributed by atoms with van der Waals surface area (Å²) in [5, 5.41) is 12.0. The van der Waals surface area contributed by atoms with Crippen molar-refractivity contribution >= 4 is 23.4 Å². The van der Waals surface area contributed by atoms with Gasteiger partial charge in [0.2, 0.25) is 5.79 Å². The van der Waals surface area contributed by atoms with Crippen LogP contribution in [0.3, 0.4) is 0 Å². The van der Waals surface area contributed by atoms with Gasteiger partial charge >= 0.3 is 5.97 Å². The van der Waals surface area contributed by atoms with Gasteiger partial charge in [-0.2, -0.15) is 0 Å². The molecule has 3 heterocycles. The van der Waals surface area contributed by atoms with Crippen LogP contribution in [0.2, 0.25) is 0 Å². The number of ether oxygens (including phenoxy) is 8. The molecule has 0 aromatic rings. The van der Waals surface area contributed by atoms with E-state index in [1.54, 1.807) is 42.5 Å². The van der Waals surface area contributed by atoms with E-state index in [0.717, 1.165) is 30.4 Å². The lowest BCUT2D eigenvalue weighted by molar-refractivity contribution is -0.265. The molecule has 15 nitrogen and oxygen atoms in total. The molecule has 1 amide bonds. The Balaban J connectivity index is 1.74. The molecular formula is C53H86N2O13. The molecule has 1 aliphatic carbocycles. The van der Waals surface area contributed by atoms with Gasteiger partial charge in [0.1, 0.15) is 24.4 Å². The molecule has 4 rings (SSSR count). The van der Waals surface area contributed by atoms with Crippen molar-refractivity contribution in [3.05, 3.63) is 47.6 Å². The van der Waals surface area contributed by atoms with E-state index in [0.29, 0.717) is 44.9 Å². The average molecular weight is 959 g/mol. The largest absolute Gasteiger partial charge is 0.459 e. The van der Waals surface area contributed by atoms with Crippen LogP contribution < -0.4 is 5.73 Å². The SMILES string of the molecule is CO[C@H]1C[C@@H]2CC[C@@H](C)[C@@](O)(O2)C(=O)C(=O)N2CCCC[C@H]2C(=O)O[C@H]([C@H](N)C[C@@H]2CC[C@@H](OC)[C@H](OC)C2)C[C@@H](OC)[C@H](C)/C=C(\C)[C@@H](OC)[C@@H](OC)C(=O)[C@H](C)C[C@H](C)/C=C/C=CC=C1C. The van der Waals surface area contributed by atoms with Crippen molar-refractivity contribution in [2.45, 2.75) is 185 Å². The smallest absolute Gasteiger partial charge is 0.329 e. The van der Waals surface area contributed by atoms with Crippen LogP contribution >= 0.6 is 0 Å². The molecule has 2 bridgehead atoms. The fourth-order valence-corrected chi connectivity index (χ4v) is 10.9. The molecule has 15 heteroatoms. The highest BCUT2D eigenvalue weighted by molar-refractivity contribution is 6.39. The van der Waals surface area contributed by atoms with Crippen molar-refractivity contribution in [1.29, 1.82) is 0 Å². The van der Waals surface area contributed by atoms with Gasteiger partial charge in [0, 0.05) is 85.8 Å². The maximum Gasteiger partial charge on any atom is 0.329 e. The summed E-state index contributed by atoms with van der Waals surface area (Å²) in [7, 11) is 9.64. The summed E-state index contributed by atoms with van der Waals surface area (Å²) in [6.07, 6.45) is 14.2. The van der Waals surface area contributed by atoms with Gasteiger partial charge in [-0.1, -0.05) is 64.2 Å². The number of rotatable bonds is 9. The van der Waals surface area contributed by atoms with Crippen LogP contribution in [0.4, 0.5) is 0 Å². The number of hydrogen-bond acceptors (Lipinski definition) is 14. The van der Waals surface area contributed by atoms with Gasteiger partial charge in [-0.15, -0.1) is 0 Å². The summed E-state index contributed by atoms with van der Waals surface area (Å²) in [6.45, 7) is 11.6. The van der Waals surface area contributed by atoms with Gasteiger partial charge in [-0.3, -0.25) is 14.4 Å². The molecule has 68 heavy (non-hydrogen) atoms. The van der Waals surface area contributed by atoms with Crippen LogP contribution in [0.1, 0.15) is 119 Å². The van der Waals surface area contributed by atoms with Crippen molar-refractivity contribution in [2.24, 2.45) is 35.3 Å². The molecule has 0 aromatic carbocycles. The summed E-state index contributed by atoms with van der Waals surface area (Å²) in [6, 6.07) is -1.72. The number of aliphatic hydroxyl groups is 1. The van der Waals surface area contributed by atoms with Gasteiger partial charge < -0.3 is 53.6 Å². The van der Waals surface area contributed by atoms with Crippen molar-refractivity contribution in [1.82, 2.24) is 4.90 Å². The Labute approximate surface area is 406 Å². The Hall–Kier alpha value is -3.12. The molecule has 3 aliphatic heterocycles. The number of piperidine rings is 1. The third-order valence-electron chi connectivity index (χ3n) is 15.2. The van der Waals surface area contributed by atoms with E-state index in [1.807, 2.05) is 58.1 Å². The lowest BCUT2D eigenvalue weighted by atomic mass is 9.80. The second-order valence-electron chi connectivity index (χ2n) is 20.1. The molecule has 386 valence electrons. The van der Waals surface area contributed by atoms with Crippen LogP contribution in [0, 0.1) is 29.6 Å². The molecule has 0 aromatic heterocycles. The molecule has 1 saturated carbocycles. The topological polar surface area (TPSA) is 192 Å². The molecule has 0 radical (unpaired) electrons. The fourth-order valence-electron chi connectivity index (χ4n) is 10.9. The molecular weight excluding hydrogens is 873 g/mol. The van der Waals surface area contributed by atoms with Gasteiger partial charge in [0.05, 0.1) is 30.5 Å². The van der Waals surface area contributed by atoms with Crippen LogP contribution in [-0.2, 0) is 57.1 Å². The normalized spacial score (nSPS) is 39.0. The number of nitrogens with zero attached hydrogens (tertiary/aromatic N) is 1. The monoisotopic (exact) mass is 959 g/mol. The zero-order chi connectivity index (χ0) is 50.3. The number of carbonyl (C=O) groups excluding carboxylic acids is 4. The molecule has 4 aliphatic rings. The Morgan fingerprint density at radius 2 is 1.44 bits per heavy atom. The minimum absolute atomic E-state index is 0.0306. The van der Waals surface area contributed by atoms with Gasteiger partial charge in [-0.25, -0.2) is 4.79 Å². The zero-order valence-electron chi connectivity index (χ0n) is 43.2. The quantitative estimate of drug-likeness (QED) is 0.142. The number of carbonyl (C=O) groups is 4. The average Bonchev–Trinajstić information content (AvgIpc) is 3.33. The number of allylic oxidation sites excluding steroid dienone is 5. The van der Waals surface area contributed by atoms with E-state index >= 15 is 0 Å². The summed E-state index contributed by atoms with van der Waals surface area (Å²) >= 11 is 0. The number of nitrogens with two attached hydrogens (primary N) is 1. The van der Waals surface area contributed by atoms with Gasteiger partial charge in [0.25, 0.3) is 11.7 Å². The van der Waals surface area contributed by atoms with Crippen LogP contribution in [0.15, 0.2) is 47.6 Å². The summed E-state index contributed by atoms with van der Waals surface area (Å²) in [5.74, 6) is -6.28. The first-order chi connectivity index (χ1) is 32.4. The van der Waals surface area contributed by atoms with E-state index < -0.39 is 78.1 Å². The first-order valence-corrected chi connectivity index (χ1v) is 25.0. The highest BCUT2D eigenvalue weighted by Gasteiger charge is 2.53. The molecule has 0 unspecified atom stereocenters. The lowest BCUT2D eigenvalue weighted by Crippen LogP contribution is -2.61. The first kappa shape index (κ1) is 57.5. The Kier molecular flexibility index (Phi) is 23.2. The molecule has 3 fully saturated rings. The number of Topliss-reactive ketones (excluding diaryl/α,β-unsaturated/α-hetero) is 2. The number of fused-ring (bicyclic) bond motifs is 3. The number of hydrogen-bond donors (Lipinski definition) is 2. The summed E-state index contributed by atoms with van der Waals surface area (Å²) in [5.41, 5.74) is 8.77. The molecule has 16 atom stereocenters. The summed E-state index contributed by atoms with van der Waals surface area (Å²) in [4.78, 5) is 58.5. The Morgan fingerprint density at radius 1 is 0.750 bits per heavy atom. The lowest BCUT2D eigenvalue weighted by Gasteiger charge is -2.43. The number of ketones is 2. The second kappa shape index (κ2) is 27.5. The third-order valence-corrected chi connectivity index (χ3v) is 15.2. The van der Waals surface area contributed by atoms with E-state index in [2.05, 4.69) is 13.0 Å². The second-order valence-corrected chi connectivity index (χ2v) is 20.1. The standard InChI is InChI=1S/C53H86N2O13/c1-32-18-14-13-15-19-33(2)43(62-8)30-39-23-21-37(6)53(60,68-39)50(57)51(58)55-25-17-16-20-41(55)52(59)67-45(40(54)28-38-22-24-42(61-7)46(29-38)64-10)31-44(63-9)34(3)27-36(5)48(65-11)49(66-12)47(56)35(4)26-32/h13-15,18-19,27,32,34-35,37-46,48-49,60H,16-17,20-26,28-31,54H2,1-12H3/b15-13?,18-14+,33-19?,36-27+/t32-,34-,35-,37-,38+,39+,40-,41+,42-,43+,44-,45+,46-,48-,49+,53-/m1/s1. The maximum atomic E-state index is 14.6. The number of esters is 1.